The summed E-state index contributed by atoms with van der Waals surface area (Å²) in [4.78, 5) is 18.0. The lowest BCUT2D eigenvalue weighted by Gasteiger charge is -2.39. The van der Waals surface area contributed by atoms with Crippen LogP contribution in [0, 0.1) is 0 Å². The molecule has 1 saturated heterocycles. The van der Waals surface area contributed by atoms with Crippen LogP contribution in [-0.4, -0.2) is 39.6 Å². The maximum Gasteiger partial charge on any atom is 0.333 e. The van der Waals surface area contributed by atoms with E-state index < -0.39 is 24.4 Å². The summed E-state index contributed by atoms with van der Waals surface area (Å²) in [5.41, 5.74) is 0.802. The lowest BCUT2D eigenvalue weighted by atomic mass is 10.0. The summed E-state index contributed by atoms with van der Waals surface area (Å²) in [6.07, 6.45) is 9.00. The van der Waals surface area contributed by atoms with Gasteiger partial charge in [-0.25, -0.2) is 9.78 Å². The number of carboxylic acids is 1. The number of carboxylic acid groups (broad SMARTS) is 1. The van der Waals surface area contributed by atoms with Gasteiger partial charge in [-0.3, -0.25) is 4.90 Å². The van der Waals surface area contributed by atoms with E-state index in [0.29, 0.717) is 5.82 Å². The van der Waals surface area contributed by atoms with Crippen molar-refractivity contribution in [3.63, 3.8) is 0 Å². The van der Waals surface area contributed by atoms with Crippen molar-refractivity contribution in [3.8, 4) is 0 Å². The van der Waals surface area contributed by atoms with Gasteiger partial charge >= 0.3 is 5.97 Å². The van der Waals surface area contributed by atoms with Gasteiger partial charge in [0.1, 0.15) is 12.0 Å². The molecule has 0 aromatic carbocycles. The van der Waals surface area contributed by atoms with E-state index in [4.69, 9.17) is 9.72 Å². The number of pyridine rings is 1. The second-order valence-electron chi connectivity index (χ2n) is 6.46. The molecule has 1 aromatic rings. The van der Waals surface area contributed by atoms with E-state index in [2.05, 4.69) is 6.58 Å². The van der Waals surface area contributed by atoms with Crippen molar-refractivity contribution in [2.45, 2.75) is 52.0 Å². The number of anilines is 1. The Morgan fingerprint density at radius 2 is 2.07 bits per heavy atom. The highest BCUT2D eigenvalue weighted by atomic mass is 16.5. The molecule has 2 rings (SSSR count). The van der Waals surface area contributed by atoms with Crippen LogP contribution >= 0.6 is 0 Å². The average molecular weight is 384 g/mol. The second-order valence-corrected chi connectivity index (χ2v) is 6.46. The zero-order chi connectivity index (χ0) is 20.7. The average Bonchev–Trinajstić information content (AvgIpc) is 2.67. The number of aliphatic hydroxyl groups excluding tert-OH is 1. The molecule has 0 amide bonds. The molecule has 6 heteroatoms. The molecule has 0 spiro atoms. The van der Waals surface area contributed by atoms with E-state index in [1.165, 1.54) is 0 Å². The molecule has 1 aliphatic heterocycles. The maximum atomic E-state index is 11.5. The van der Waals surface area contributed by atoms with Gasteiger partial charge in [0.2, 0.25) is 0 Å². The Balaban J connectivity index is 2.61. The van der Waals surface area contributed by atoms with Crippen molar-refractivity contribution in [1.29, 1.82) is 0 Å². The van der Waals surface area contributed by atoms with Crippen LogP contribution in [0.5, 0.6) is 0 Å². The molecule has 2 N–H and O–H groups in total. The minimum atomic E-state index is -1.08. The lowest BCUT2D eigenvalue weighted by Crippen LogP contribution is -2.49. The molecule has 0 aliphatic carbocycles. The van der Waals surface area contributed by atoms with Crippen LogP contribution in [0.25, 0.3) is 12.2 Å². The van der Waals surface area contributed by atoms with Crippen LogP contribution < -0.4 is 15.5 Å². The highest BCUT2D eigenvalue weighted by molar-refractivity contribution is 5.72. The summed E-state index contributed by atoms with van der Waals surface area (Å²) in [7, 11) is 0. The van der Waals surface area contributed by atoms with E-state index >= 15 is 0 Å². The standard InChI is InChI=1S/C22H28N2O4/c1-5-9-16(8-4)24(21-14-17(25)13-19(28-21)22(26)27)20-12-11-15(7-3)18(23-20)10-6-2/h5-12,17,19,21,25H,2,13-14H2,1,3-4H3,(H,26,27)/b9-5-,15-7-,16-8+,18-10+. The Bertz CT molecular complexity index is 888. The fraction of sp³-hybridized carbons (Fsp3) is 0.364. The SMILES string of the molecule is C=C/C=c1/nc(N(C(/C=C\C)=C/C)C2CC(O)CC(C(=O)O)O2)cc/c1=C/C. The maximum absolute atomic E-state index is 11.5. The molecular formula is C22H28N2O4. The number of aliphatic carboxylic acids is 1. The molecule has 0 saturated carbocycles. The Labute approximate surface area is 165 Å². The predicted octanol–water partition coefficient (Wildman–Crippen LogP) is 2.09. The van der Waals surface area contributed by atoms with Crippen molar-refractivity contribution in [1.82, 2.24) is 4.98 Å². The molecule has 0 radical (unpaired) electrons. The fourth-order valence-corrected chi connectivity index (χ4v) is 3.23. The zero-order valence-corrected chi connectivity index (χ0v) is 16.6. The normalized spacial score (nSPS) is 24.6. The Morgan fingerprint density at radius 3 is 2.64 bits per heavy atom. The van der Waals surface area contributed by atoms with Gasteiger partial charge in [0, 0.05) is 18.5 Å². The van der Waals surface area contributed by atoms with Gasteiger partial charge in [0.25, 0.3) is 0 Å². The van der Waals surface area contributed by atoms with Crippen molar-refractivity contribution in [2.24, 2.45) is 0 Å². The number of allylic oxidation sites excluding steroid dienone is 4. The third-order valence-electron chi connectivity index (χ3n) is 4.53. The van der Waals surface area contributed by atoms with E-state index in [9.17, 15) is 15.0 Å². The largest absolute Gasteiger partial charge is 0.479 e. The number of hydrogen-bond donors (Lipinski definition) is 2. The van der Waals surface area contributed by atoms with E-state index in [0.717, 1.165) is 16.3 Å². The molecule has 0 bridgehead atoms. The number of aromatic nitrogens is 1. The van der Waals surface area contributed by atoms with Crippen LogP contribution in [0.1, 0.15) is 33.6 Å². The minimum absolute atomic E-state index is 0.0706. The number of rotatable bonds is 6. The van der Waals surface area contributed by atoms with Crippen molar-refractivity contribution >= 4 is 23.9 Å². The van der Waals surface area contributed by atoms with Crippen molar-refractivity contribution in [3.05, 3.63) is 59.3 Å². The zero-order valence-electron chi connectivity index (χ0n) is 16.6. The van der Waals surface area contributed by atoms with E-state index in [-0.39, 0.29) is 12.8 Å². The monoisotopic (exact) mass is 384 g/mol. The first kappa shape index (κ1) is 21.6. The number of nitrogens with zero attached hydrogens (tertiary/aromatic N) is 2. The third-order valence-corrected chi connectivity index (χ3v) is 4.53. The van der Waals surface area contributed by atoms with E-state index in [1.807, 2.05) is 68.2 Å². The molecule has 28 heavy (non-hydrogen) atoms. The van der Waals surface area contributed by atoms with Gasteiger partial charge in [0.15, 0.2) is 6.10 Å². The number of hydrogen-bond acceptors (Lipinski definition) is 5. The summed E-state index contributed by atoms with van der Waals surface area (Å²) < 4.78 is 5.83. The van der Waals surface area contributed by atoms with Crippen LogP contribution in [0.4, 0.5) is 5.82 Å². The first-order valence-corrected chi connectivity index (χ1v) is 9.35. The molecule has 3 unspecified atom stereocenters. The van der Waals surface area contributed by atoms with Gasteiger partial charge in [0.05, 0.1) is 11.5 Å². The second kappa shape index (κ2) is 10.0. The highest BCUT2D eigenvalue weighted by Crippen LogP contribution is 2.29. The van der Waals surface area contributed by atoms with Crippen LogP contribution in [0.15, 0.2) is 48.7 Å². The summed E-state index contributed by atoms with van der Waals surface area (Å²) in [5, 5.41) is 21.4. The molecule has 6 nitrogen and oxygen atoms in total. The lowest BCUT2D eigenvalue weighted by molar-refractivity contribution is -0.165. The van der Waals surface area contributed by atoms with Gasteiger partial charge in [-0.05, 0) is 50.3 Å². The Kier molecular flexibility index (Phi) is 7.72. The number of ether oxygens (including phenoxy) is 1. The first-order chi connectivity index (χ1) is 13.4. The molecule has 150 valence electrons. The summed E-state index contributed by atoms with van der Waals surface area (Å²) in [6, 6.07) is 3.81. The quantitative estimate of drug-likeness (QED) is 0.731. The summed E-state index contributed by atoms with van der Waals surface area (Å²) in [6.45, 7) is 9.47. The van der Waals surface area contributed by atoms with Crippen molar-refractivity contribution < 1.29 is 19.7 Å². The number of carbonyl (C=O) groups is 1. The fourth-order valence-electron chi connectivity index (χ4n) is 3.23. The van der Waals surface area contributed by atoms with Crippen LogP contribution in [0.3, 0.4) is 0 Å². The molecular weight excluding hydrogens is 356 g/mol. The van der Waals surface area contributed by atoms with Gasteiger partial charge in [-0.15, -0.1) is 0 Å². The predicted molar refractivity (Wildman–Crippen MR) is 111 cm³/mol. The molecule has 2 heterocycles. The first-order valence-electron chi connectivity index (χ1n) is 9.35. The Morgan fingerprint density at radius 1 is 1.32 bits per heavy atom. The van der Waals surface area contributed by atoms with Crippen LogP contribution in [0.2, 0.25) is 0 Å². The molecule has 3 atom stereocenters. The topological polar surface area (TPSA) is 82.9 Å². The Hall–Kier alpha value is -2.70. The highest BCUT2D eigenvalue weighted by Gasteiger charge is 2.37. The molecule has 1 fully saturated rings. The number of aliphatic hydroxyl groups is 1. The van der Waals surface area contributed by atoms with Crippen LogP contribution in [-0.2, 0) is 9.53 Å². The van der Waals surface area contributed by atoms with Crippen molar-refractivity contribution in [2.75, 3.05) is 4.90 Å². The van der Waals surface area contributed by atoms with E-state index in [1.54, 1.807) is 6.08 Å². The van der Waals surface area contributed by atoms with Gasteiger partial charge in [-0.2, -0.15) is 0 Å². The minimum Gasteiger partial charge on any atom is -0.479 e. The summed E-state index contributed by atoms with van der Waals surface area (Å²) >= 11 is 0. The smallest absolute Gasteiger partial charge is 0.333 e. The third kappa shape index (κ3) is 4.97. The molecule has 1 aliphatic rings. The summed E-state index contributed by atoms with van der Waals surface area (Å²) in [5.74, 6) is -0.477. The van der Waals surface area contributed by atoms with Gasteiger partial charge in [-0.1, -0.05) is 30.9 Å². The van der Waals surface area contributed by atoms with Gasteiger partial charge < -0.3 is 14.9 Å². The molecule has 1 aromatic heterocycles.